The normalized spacial score (nSPS) is 10.5. The van der Waals surface area contributed by atoms with Crippen molar-refractivity contribution in [3.8, 4) is 17.6 Å². The molecule has 118 valence electrons. The van der Waals surface area contributed by atoms with Gasteiger partial charge < -0.3 is 9.47 Å². The molecule has 0 atom stereocenters. The molecule has 0 saturated heterocycles. The average Bonchev–Trinajstić information content (AvgIpc) is 2.54. The summed E-state index contributed by atoms with van der Waals surface area (Å²) in [5.41, 5.74) is 1.69. The van der Waals surface area contributed by atoms with Crippen LogP contribution in [0.5, 0.6) is 11.5 Å². The Bertz CT molecular complexity index is 736. The van der Waals surface area contributed by atoms with Crippen molar-refractivity contribution < 1.29 is 13.9 Å². The van der Waals surface area contributed by atoms with E-state index in [0.717, 1.165) is 15.6 Å². The van der Waals surface area contributed by atoms with Crippen LogP contribution >= 0.6 is 15.9 Å². The molecule has 2 aromatic carbocycles. The van der Waals surface area contributed by atoms with Crippen molar-refractivity contribution in [2.45, 2.75) is 13.5 Å². The van der Waals surface area contributed by atoms with E-state index in [4.69, 9.17) is 14.7 Å². The molecule has 0 fully saturated rings. The van der Waals surface area contributed by atoms with Gasteiger partial charge in [0.2, 0.25) is 0 Å². The van der Waals surface area contributed by atoms with Gasteiger partial charge in [-0.15, -0.1) is 0 Å². The van der Waals surface area contributed by atoms with Crippen LogP contribution in [0.3, 0.4) is 0 Å². The van der Waals surface area contributed by atoms with Gasteiger partial charge in [-0.25, -0.2) is 4.39 Å². The second-order valence-corrected chi connectivity index (χ2v) is 5.49. The molecule has 2 rings (SSSR count). The van der Waals surface area contributed by atoms with E-state index in [1.807, 2.05) is 25.1 Å². The van der Waals surface area contributed by atoms with Crippen LogP contribution in [-0.2, 0) is 6.61 Å². The fourth-order valence-corrected chi connectivity index (χ4v) is 2.53. The summed E-state index contributed by atoms with van der Waals surface area (Å²) in [6.45, 7) is 2.67. The van der Waals surface area contributed by atoms with Gasteiger partial charge in [-0.1, -0.05) is 12.1 Å². The smallest absolute Gasteiger partial charge is 0.175 e. The molecule has 0 heterocycles. The SMILES string of the molecule is CCOc1cc(C=CC#N)cc(Br)c1OCc1ccc(F)cc1. The Kier molecular flexibility index (Phi) is 6.19. The number of allylic oxidation sites excluding steroid dienone is 1. The van der Waals surface area contributed by atoms with Crippen molar-refractivity contribution in [3.05, 3.63) is 63.9 Å². The lowest BCUT2D eigenvalue weighted by atomic mass is 10.2. The van der Waals surface area contributed by atoms with E-state index in [1.165, 1.54) is 18.2 Å². The maximum atomic E-state index is 12.9. The first kappa shape index (κ1) is 17.0. The summed E-state index contributed by atoms with van der Waals surface area (Å²) in [5, 5.41) is 8.62. The fourth-order valence-electron chi connectivity index (χ4n) is 1.96. The van der Waals surface area contributed by atoms with Crippen LogP contribution in [0.4, 0.5) is 4.39 Å². The molecule has 2 aromatic rings. The van der Waals surface area contributed by atoms with Crippen molar-refractivity contribution in [2.75, 3.05) is 6.61 Å². The Balaban J connectivity index is 2.24. The molecule has 0 spiro atoms. The number of nitrogens with zero attached hydrogens (tertiary/aromatic N) is 1. The van der Waals surface area contributed by atoms with Crippen LogP contribution in [0.15, 0.2) is 46.9 Å². The first-order valence-corrected chi connectivity index (χ1v) is 7.83. The van der Waals surface area contributed by atoms with E-state index in [1.54, 1.807) is 18.2 Å². The largest absolute Gasteiger partial charge is 0.490 e. The topological polar surface area (TPSA) is 42.2 Å². The summed E-state index contributed by atoms with van der Waals surface area (Å²) >= 11 is 3.46. The minimum atomic E-state index is -0.279. The number of hydrogen-bond acceptors (Lipinski definition) is 3. The predicted molar refractivity (Wildman–Crippen MR) is 90.7 cm³/mol. The second kappa shape index (κ2) is 8.35. The van der Waals surface area contributed by atoms with Gasteiger partial charge in [0.25, 0.3) is 0 Å². The third kappa shape index (κ3) is 4.83. The van der Waals surface area contributed by atoms with Crippen LogP contribution in [0.1, 0.15) is 18.1 Å². The molecular formula is C18H15BrFNO2. The van der Waals surface area contributed by atoms with Crippen molar-refractivity contribution in [1.29, 1.82) is 5.26 Å². The summed E-state index contributed by atoms with van der Waals surface area (Å²) < 4.78 is 25.1. The quantitative estimate of drug-likeness (QED) is 0.659. The van der Waals surface area contributed by atoms with Gasteiger partial charge in [0.15, 0.2) is 11.5 Å². The van der Waals surface area contributed by atoms with Crippen LogP contribution in [0, 0.1) is 17.1 Å². The monoisotopic (exact) mass is 375 g/mol. The Labute approximate surface area is 143 Å². The summed E-state index contributed by atoms with van der Waals surface area (Å²) in [6, 6.07) is 11.7. The van der Waals surface area contributed by atoms with Gasteiger partial charge in [-0.05, 0) is 64.3 Å². The van der Waals surface area contributed by atoms with Crippen molar-refractivity contribution >= 4 is 22.0 Å². The zero-order chi connectivity index (χ0) is 16.7. The Morgan fingerprint density at radius 2 is 1.96 bits per heavy atom. The summed E-state index contributed by atoms with van der Waals surface area (Å²) in [7, 11) is 0. The molecule has 5 heteroatoms. The number of nitriles is 1. The maximum absolute atomic E-state index is 12.9. The highest BCUT2D eigenvalue weighted by Gasteiger charge is 2.12. The summed E-state index contributed by atoms with van der Waals surface area (Å²) in [6.07, 6.45) is 3.09. The third-order valence-electron chi connectivity index (χ3n) is 2.98. The van der Waals surface area contributed by atoms with Gasteiger partial charge in [0.05, 0.1) is 17.1 Å². The standard InChI is InChI=1S/C18H15BrFNO2/c1-2-22-17-11-14(4-3-9-21)10-16(19)18(17)23-12-13-5-7-15(20)8-6-13/h3-8,10-11H,2,12H2,1H3. The average molecular weight is 376 g/mol. The van der Waals surface area contributed by atoms with Gasteiger partial charge in [0.1, 0.15) is 12.4 Å². The van der Waals surface area contributed by atoms with E-state index in [0.29, 0.717) is 24.7 Å². The second-order valence-electron chi connectivity index (χ2n) is 4.64. The van der Waals surface area contributed by atoms with E-state index in [9.17, 15) is 4.39 Å². The summed E-state index contributed by atoms with van der Waals surface area (Å²) in [4.78, 5) is 0. The molecule has 0 aliphatic rings. The van der Waals surface area contributed by atoms with Crippen LogP contribution in [0.2, 0.25) is 0 Å². The van der Waals surface area contributed by atoms with Gasteiger partial charge in [-0.3, -0.25) is 0 Å². The van der Waals surface area contributed by atoms with E-state index < -0.39 is 0 Å². The molecule has 23 heavy (non-hydrogen) atoms. The fraction of sp³-hybridized carbons (Fsp3) is 0.167. The Morgan fingerprint density at radius 3 is 2.61 bits per heavy atom. The highest BCUT2D eigenvalue weighted by molar-refractivity contribution is 9.10. The highest BCUT2D eigenvalue weighted by Crippen LogP contribution is 2.37. The van der Waals surface area contributed by atoms with Crippen LogP contribution in [0.25, 0.3) is 6.08 Å². The molecule has 0 aliphatic carbocycles. The molecule has 0 aromatic heterocycles. The van der Waals surface area contributed by atoms with E-state index >= 15 is 0 Å². The van der Waals surface area contributed by atoms with Crippen molar-refractivity contribution in [2.24, 2.45) is 0 Å². The number of benzene rings is 2. The number of hydrogen-bond donors (Lipinski definition) is 0. The van der Waals surface area contributed by atoms with Gasteiger partial charge in [-0.2, -0.15) is 5.26 Å². The number of rotatable bonds is 6. The lowest BCUT2D eigenvalue weighted by molar-refractivity contribution is 0.267. The Hall–Kier alpha value is -2.32. The molecule has 0 unspecified atom stereocenters. The van der Waals surface area contributed by atoms with Crippen molar-refractivity contribution in [1.82, 2.24) is 0 Å². The molecular weight excluding hydrogens is 361 g/mol. The molecule has 0 radical (unpaired) electrons. The lowest BCUT2D eigenvalue weighted by Crippen LogP contribution is -2.01. The Morgan fingerprint density at radius 1 is 1.22 bits per heavy atom. The number of ether oxygens (including phenoxy) is 2. The predicted octanol–water partition coefficient (Wildman–Crippen LogP) is 5.10. The molecule has 3 nitrogen and oxygen atoms in total. The molecule has 0 bridgehead atoms. The van der Waals surface area contributed by atoms with Crippen LogP contribution < -0.4 is 9.47 Å². The third-order valence-corrected chi connectivity index (χ3v) is 3.57. The van der Waals surface area contributed by atoms with E-state index in [2.05, 4.69) is 15.9 Å². The van der Waals surface area contributed by atoms with E-state index in [-0.39, 0.29) is 5.82 Å². The highest BCUT2D eigenvalue weighted by atomic mass is 79.9. The molecule has 0 amide bonds. The maximum Gasteiger partial charge on any atom is 0.175 e. The summed E-state index contributed by atoms with van der Waals surface area (Å²) in [5.74, 6) is 0.880. The minimum absolute atomic E-state index is 0.279. The van der Waals surface area contributed by atoms with Gasteiger partial charge in [0, 0.05) is 6.08 Å². The molecule has 0 saturated carbocycles. The van der Waals surface area contributed by atoms with Gasteiger partial charge >= 0.3 is 0 Å². The minimum Gasteiger partial charge on any atom is -0.490 e. The molecule has 0 aliphatic heterocycles. The zero-order valence-corrected chi connectivity index (χ0v) is 14.1. The first-order valence-electron chi connectivity index (χ1n) is 7.03. The zero-order valence-electron chi connectivity index (χ0n) is 12.6. The molecule has 0 N–H and O–H groups in total. The first-order chi connectivity index (χ1) is 11.1. The lowest BCUT2D eigenvalue weighted by Gasteiger charge is -2.14. The number of halogens is 2. The van der Waals surface area contributed by atoms with Crippen molar-refractivity contribution in [3.63, 3.8) is 0 Å². The van der Waals surface area contributed by atoms with Crippen LogP contribution in [-0.4, -0.2) is 6.61 Å².